The molecule has 0 bridgehead atoms. The Kier molecular flexibility index (Phi) is 3.41. The number of hydrogen-bond donors (Lipinski definition) is 0. The summed E-state index contributed by atoms with van der Waals surface area (Å²) in [6, 6.07) is 5.91. The maximum Gasteiger partial charge on any atom is 0.358 e. The normalized spacial score (nSPS) is 10.7. The molecular weight excluding hydrogens is 235 g/mol. The number of nitrogens with zero attached hydrogens (tertiary/aromatic N) is 2. The van der Waals surface area contributed by atoms with Crippen LogP contribution in [0.15, 0.2) is 36.8 Å². The number of ether oxygens (including phenoxy) is 1. The van der Waals surface area contributed by atoms with Gasteiger partial charge in [0.05, 0.1) is 6.10 Å². The molecule has 18 heavy (non-hydrogen) atoms. The van der Waals surface area contributed by atoms with Crippen LogP contribution in [-0.2, 0) is 4.74 Å². The van der Waals surface area contributed by atoms with E-state index in [1.807, 2.05) is 0 Å². The van der Waals surface area contributed by atoms with Crippen molar-refractivity contribution < 1.29 is 13.9 Å². The van der Waals surface area contributed by atoms with E-state index in [1.165, 1.54) is 18.5 Å². The lowest BCUT2D eigenvalue weighted by molar-refractivity contribution is 0.0371. The highest BCUT2D eigenvalue weighted by Gasteiger charge is 2.12. The van der Waals surface area contributed by atoms with Crippen molar-refractivity contribution in [3.05, 3.63) is 48.3 Å². The van der Waals surface area contributed by atoms with E-state index in [0.717, 1.165) is 5.69 Å². The predicted octanol–water partition coefficient (Wildman–Crippen LogP) is 2.58. The second kappa shape index (κ2) is 5.00. The quantitative estimate of drug-likeness (QED) is 0.784. The molecule has 2 aromatic rings. The SMILES string of the molecule is CC(C)OC(=O)c1cn(-c2ccc(F)cc2)cn1. The molecule has 94 valence electrons. The average molecular weight is 248 g/mol. The van der Waals surface area contributed by atoms with Gasteiger partial charge in [-0.05, 0) is 38.1 Å². The van der Waals surface area contributed by atoms with Crippen LogP contribution in [0.5, 0.6) is 0 Å². The van der Waals surface area contributed by atoms with Gasteiger partial charge in [-0.3, -0.25) is 0 Å². The predicted molar refractivity (Wildman–Crippen MR) is 64.1 cm³/mol. The first-order valence-corrected chi connectivity index (χ1v) is 5.57. The largest absolute Gasteiger partial charge is 0.458 e. The first-order chi connectivity index (χ1) is 8.56. The molecule has 1 aromatic heterocycles. The smallest absolute Gasteiger partial charge is 0.358 e. The van der Waals surface area contributed by atoms with E-state index < -0.39 is 5.97 Å². The van der Waals surface area contributed by atoms with Gasteiger partial charge in [0, 0.05) is 11.9 Å². The Hall–Kier alpha value is -2.17. The van der Waals surface area contributed by atoms with E-state index >= 15 is 0 Å². The average Bonchev–Trinajstić information content (AvgIpc) is 2.78. The Balaban J connectivity index is 2.20. The Labute approximate surface area is 104 Å². The molecule has 0 unspecified atom stereocenters. The number of aromatic nitrogens is 2. The summed E-state index contributed by atoms with van der Waals surface area (Å²) in [5.74, 6) is -0.774. The van der Waals surface area contributed by atoms with Gasteiger partial charge < -0.3 is 9.30 Å². The lowest BCUT2D eigenvalue weighted by Crippen LogP contribution is -2.11. The number of imidazole rings is 1. The first kappa shape index (κ1) is 12.3. The minimum Gasteiger partial charge on any atom is -0.458 e. The molecule has 0 aliphatic rings. The van der Waals surface area contributed by atoms with Gasteiger partial charge in [0.1, 0.15) is 12.1 Å². The second-order valence-corrected chi connectivity index (χ2v) is 4.10. The molecule has 0 spiro atoms. The fraction of sp³-hybridized carbons (Fsp3) is 0.231. The summed E-state index contributed by atoms with van der Waals surface area (Å²) in [5.41, 5.74) is 0.959. The van der Waals surface area contributed by atoms with Gasteiger partial charge in [-0.15, -0.1) is 0 Å². The van der Waals surface area contributed by atoms with Crippen LogP contribution >= 0.6 is 0 Å². The molecule has 4 nitrogen and oxygen atoms in total. The molecule has 2 rings (SSSR count). The zero-order valence-corrected chi connectivity index (χ0v) is 10.1. The topological polar surface area (TPSA) is 44.1 Å². The van der Waals surface area contributed by atoms with Crippen LogP contribution in [0.3, 0.4) is 0 Å². The standard InChI is InChI=1S/C13H13FN2O2/c1-9(2)18-13(17)12-7-16(8-15-12)11-5-3-10(14)4-6-11/h3-9H,1-2H3. The van der Waals surface area contributed by atoms with Crippen molar-refractivity contribution in [2.75, 3.05) is 0 Å². The van der Waals surface area contributed by atoms with E-state index in [-0.39, 0.29) is 17.6 Å². The number of rotatable bonds is 3. The lowest BCUT2D eigenvalue weighted by atomic mass is 10.3. The Morgan fingerprint density at radius 2 is 2.00 bits per heavy atom. The third-order valence-electron chi connectivity index (χ3n) is 2.26. The van der Waals surface area contributed by atoms with Crippen LogP contribution in [0, 0.1) is 5.82 Å². The maximum absolute atomic E-state index is 12.8. The highest BCUT2D eigenvalue weighted by atomic mass is 19.1. The maximum atomic E-state index is 12.8. The molecule has 0 aliphatic heterocycles. The molecule has 0 amide bonds. The molecule has 1 aromatic carbocycles. The van der Waals surface area contributed by atoms with Crippen molar-refractivity contribution in [3.8, 4) is 5.69 Å². The summed E-state index contributed by atoms with van der Waals surface area (Å²) < 4.78 is 19.4. The molecule has 0 radical (unpaired) electrons. The van der Waals surface area contributed by atoms with Gasteiger partial charge in [-0.1, -0.05) is 0 Å². The van der Waals surface area contributed by atoms with Crippen LogP contribution in [0.1, 0.15) is 24.3 Å². The molecular formula is C13H13FN2O2. The van der Waals surface area contributed by atoms with Crippen molar-refractivity contribution in [2.24, 2.45) is 0 Å². The van der Waals surface area contributed by atoms with E-state index in [4.69, 9.17) is 4.74 Å². The summed E-state index contributed by atoms with van der Waals surface area (Å²) in [7, 11) is 0. The molecule has 0 atom stereocenters. The van der Waals surface area contributed by atoms with E-state index in [9.17, 15) is 9.18 Å². The van der Waals surface area contributed by atoms with E-state index in [1.54, 1.807) is 36.7 Å². The molecule has 0 aliphatic carbocycles. The zero-order chi connectivity index (χ0) is 13.1. The minimum atomic E-state index is -0.467. The monoisotopic (exact) mass is 248 g/mol. The molecule has 0 fully saturated rings. The Morgan fingerprint density at radius 1 is 1.33 bits per heavy atom. The molecule has 0 N–H and O–H groups in total. The third kappa shape index (κ3) is 2.74. The van der Waals surface area contributed by atoms with Gasteiger partial charge in [0.15, 0.2) is 5.69 Å². The first-order valence-electron chi connectivity index (χ1n) is 5.57. The summed E-state index contributed by atoms with van der Waals surface area (Å²) in [4.78, 5) is 15.6. The molecule has 0 saturated carbocycles. The number of hydrogen-bond acceptors (Lipinski definition) is 3. The number of benzene rings is 1. The summed E-state index contributed by atoms with van der Waals surface area (Å²) in [6.07, 6.45) is 2.86. The summed E-state index contributed by atoms with van der Waals surface area (Å²) in [6.45, 7) is 3.55. The molecule has 5 heteroatoms. The number of carbonyl (C=O) groups excluding carboxylic acids is 1. The van der Waals surface area contributed by atoms with E-state index in [2.05, 4.69) is 4.98 Å². The van der Waals surface area contributed by atoms with Crippen molar-refractivity contribution in [1.82, 2.24) is 9.55 Å². The fourth-order valence-electron chi connectivity index (χ4n) is 1.46. The van der Waals surface area contributed by atoms with Gasteiger partial charge in [-0.2, -0.15) is 0 Å². The Morgan fingerprint density at radius 3 is 2.61 bits per heavy atom. The molecule has 1 heterocycles. The molecule has 0 saturated heterocycles. The second-order valence-electron chi connectivity index (χ2n) is 4.10. The Bertz CT molecular complexity index is 546. The highest BCUT2D eigenvalue weighted by Crippen LogP contribution is 2.10. The summed E-state index contributed by atoms with van der Waals surface area (Å²) >= 11 is 0. The van der Waals surface area contributed by atoms with Crippen LogP contribution < -0.4 is 0 Å². The van der Waals surface area contributed by atoms with Crippen LogP contribution in [-0.4, -0.2) is 21.6 Å². The van der Waals surface area contributed by atoms with Crippen molar-refractivity contribution >= 4 is 5.97 Å². The van der Waals surface area contributed by atoms with E-state index in [0.29, 0.717) is 0 Å². The van der Waals surface area contributed by atoms with Crippen molar-refractivity contribution in [2.45, 2.75) is 20.0 Å². The zero-order valence-electron chi connectivity index (χ0n) is 10.1. The number of carbonyl (C=O) groups is 1. The minimum absolute atomic E-state index is 0.187. The van der Waals surface area contributed by atoms with Gasteiger partial charge in [0.25, 0.3) is 0 Å². The van der Waals surface area contributed by atoms with Crippen molar-refractivity contribution in [3.63, 3.8) is 0 Å². The number of esters is 1. The van der Waals surface area contributed by atoms with Gasteiger partial charge in [0.2, 0.25) is 0 Å². The third-order valence-corrected chi connectivity index (χ3v) is 2.26. The van der Waals surface area contributed by atoms with Gasteiger partial charge >= 0.3 is 5.97 Å². The fourth-order valence-corrected chi connectivity index (χ4v) is 1.46. The highest BCUT2D eigenvalue weighted by molar-refractivity contribution is 5.87. The van der Waals surface area contributed by atoms with Gasteiger partial charge in [-0.25, -0.2) is 14.2 Å². The van der Waals surface area contributed by atoms with Crippen molar-refractivity contribution in [1.29, 1.82) is 0 Å². The summed E-state index contributed by atoms with van der Waals surface area (Å²) in [5, 5.41) is 0. The number of halogens is 1. The van der Waals surface area contributed by atoms with Crippen LogP contribution in [0.25, 0.3) is 5.69 Å². The van der Waals surface area contributed by atoms with Crippen LogP contribution in [0.4, 0.5) is 4.39 Å². The van der Waals surface area contributed by atoms with Crippen LogP contribution in [0.2, 0.25) is 0 Å². The lowest BCUT2D eigenvalue weighted by Gasteiger charge is -2.05.